The first-order valence-corrected chi connectivity index (χ1v) is 13.2. The van der Waals surface area contributed by atoms with E-state index in [0.29, 0.717) is 6.61 Å². The predicted molar refractivity (Wildman–Crippen MR) is 133 cm³/mol. The number of unbranched alkanes of at least 4 members (excludes halogenated alkanes) is 8. The molecule has 1 heterocycles. The Bertz CT molecular complexity index is 689. The zero-order valence-corrected chi connectivity index (χ0v) is 21.1. The predicted octanol–water partition coefficient (Wildman–Crippen LogP) is 2.80. The van der Waals surface area contributed by atoms with E-state index >= 15 is 0 Å². The van der Waals surface area contributed by atoms with Gasteiger partial charge in [-0.2, -0.15) is 0 Å². The lowest BCUT2D eigenvalue weighted by molar-refractivity contribution is -0.254. The normalized spacial score (nSPS) is 25.3. The minimum absolute atomic E-state index is 0.0688. The molecular weight excluding hydrogens is 450 g/mol. The van der Waals surface area contributed by atoms with Gasteiger partial charge >= 0.3 is 0 Å². The minimum Gasteiger partial charge on any atom is -0.394 e. The van der Waals surface area contributed by atoms with Crippen molar-refractivity contribution in [2.45, 2.75) is 121 Å². The molecule has 1 aliphatic rings. The highest BCUT2D eigenvalue weighted by molar-refractivity contribution is 5.77. The van der Waals surface area contributed by atoms with Crippen LogP contribution in [0, 0.1) is 0 Å². The second-order valence-electron chi connectivity index (χ2n) is 9.56. The first-order chi connectivity index (χ1) is 17.0. The van der Waals surface area contributed by atoms with E-state index in [9.17, 15) is 25.2 Å². The fourth-order valence-electron chi connectivity index (χ4n) is 4.42. The average molecular weight is 496 g/mol. The van der Waals surface area contributed by atoms with Gasteiger partial charge in [0, 0.05) is 0 Å². The van der Waals surface area contributed by atoms with Crippen LogP contribution in [0.3, 0.4) is 0 Å². The first kappa shape index (κ1) is 29.7. The summed E-state index contributed by atoms with van der Waals surface area (Å²) < 4.78 is 11.2. The van der Waals surface area contributed by atoms with E-state index in [1.165, 1.54) is 44.9 Å². The summed E-state index contributed by atoms with van der Waals surface area (Å²) in [7, 11) is 0. The van der Waals surface area contributed by atoms with Crippen LogP contribution in [-0.4, -0.2) is 69.7 Å². The van der Waals surface area contributed by atoms with Crippen LogP contribution in [0.2, 0.25) is 0 Å². The Labute approximate surface area is 209 Å². The van der Waals surface area contributed by atoms with Crippen LogP contribution in [0.25, 0.3) is 0 Å². The van der Waals surface area contributed by atoms with Crippen molar-refractivity contribution in [3.63, 3.8) is 0 Å². The largest absolute Gasteiger partial charge is 0.394 e. The molecule has 6 atom stereocenters. The van der Waals surface area contributed by atoms with Crippen molar-refractivity contribution in [3.05, 3.63) is 35.9 Å². The molecule has 200 valence electrons. The monoisotopic (exact) mass is 495 g/mol. The van der Waals surface area contributed by atoms with E-state index < -0.39 is 43.2 Å². The molecule has 8 heteroatoms. The van der Waals surface area contributed by atoms with Crippen molar-refractivity contribution >= 4 is 5.91 Å². The molecule has 0 bridgehead atoms. The van der Waals surface area contributed by atoms with Crippen LogP contribution < -0.4 is 5.32 Å². The van der Waals surface area contributed by atoms with E-state index in [-0.39, 0.29) is 12.5 Å². The molecule has 1 aliphatic heterocycles. The quantitative estimate of drug-likeness (QED) is 0.210. The molecule has 5 N–H and O–H groups in total. The molecular formula is C27H45NO7. The van der Waals surface area contributed by atoms with Crippen molar-refractivity contribution in [1.29, 1.82) is 0 Å². The fourth-order valence-corrected chi connectivity index (χ4v) is 4.42. The third kappa shape index (κ3) is 10.9. The maximum absolute atomic E-state index is 12.7. The first-order valence-electron chi connectivity index (χ1n) is 13.2. The number of amides is 1. The molecule has 1 aromatic carbocycles. The van der Waals surface area contributed by atoms with Gasteiger partial charge in [0.2, 0.25) is 5.91 Å². The lowest BCUT2D eigenvalue weighted by Crippen LogP contribution is -2.64. The van der Waals surface area contributed by atoms with Crippen molar-refractivity contribution in [2.75, 3.05) is 6.61 Å². The lowest BCUT2D eigenvalue weighted by Gasteiger charge is -2.40. The fraction of sp³-hybridized carbons (Fsp3) is 0.741. The van der Waals surface area contributed by atoms with E-state index in [0.717, 1.165) is 24.8 Å². The van der Waals surface area contributed by atoms with Crippen molar-refractivity contribution < 1.29 is 34.7 Å². The standard InChI is InChI=1S/C27H45NO7/c1-2-3-4-5-6-7-8-9-13-16-21(34-19-20-14-11-10-12-15-20)17-23(30)28-24-26(32)25(31)22(18-29)35-27(24)33/h10-12,14-15,21-22,24-27,29,31-33H,2-9,13,16-19H2,1H3,(H,28,30)/t21?,22-,24+,25-,26-,27+/m1/s1. The van der Waals surface area contributed by atoms with Gasteiger partial charge in [-0.3, -0.25) is 4.79 Å². The minimum atomic E-state index is -1.53. The zero-order chi connectivity index (χ0) is 25.5. The van der Waals surface area contributed by atoms with Gasteiger partial charge in [0.15, 0.2) is 6.29 Å². The molecule has 1 amide bonds. The molecule has 0 saturated carbocycles. The number of hydrogen-bond donors (Lipinski definition) is 5. The van der Waals surface area contributed by atoms with Crippen LogP contribution in [0.4, 0.5) is 0 Å². The SMILES string of the molecule is CCCCCCCCCCCC(CC(=O)N[C@H]1[C@@H](O)[C@H](O)[C@@H](CO)O[C@@H]1O)OCc1ccccc1. The van der Waals surface area contributed by atoms with Crippen LogP contribution in [0.1, 0.15) is 83.1 Å². The summed E-state index contributed by atoms with van der Waals surface area (Å²) in [5, 5.41) is 42.3. The molecule has 0 radical (unpaired) electrons. The summed E-state index contributed by atoms with van der Waals surface area (Å²) in [5.74, 6) is -0.402. The number of aliphatic hydroxyl groups excluding tert-OH is 4. The zero-order valence-electron chi connectivity index (χ0n) is 21.1. The summed E-state index contributed by atoms with van der Waals surface area (Å²) >= 11 is 0. The highest BCUT2D eigenvalue weighted by Gasteiger charge is 2.44. The number of ether oxygens (including phenoxy) is 2. The topological polar surface area (TPSA) is 128 Å². The summed E-state index contributed by atoms with van der Waals surface area (Å²) in [6.45, 7) is 2.06. The van der Waals surface area contributed by atoms with Gasteiger partial charge in [-0.05, 0) is 12.0 Å². The van der Waals surface area contributed by atoms with Gasteiger partial charge in [0.1, 0.15) is 24.4 Å². The molecule has 0 aromatic heterocycles. The number of nitrogens with one attached hydrogen (secondary N) is 1. The Morgan fingerprint density at radius 3 is 2.23 bits per heavy atom. The third-order valence-corrected chi connectivity index (χ3v) is 6.60. The number of carbonyl (C=O) groups excluding carboxylic acids is 1. The van der Waals surface area contributed by atoms with E-state index in [4.69, 9.17) is 9.47 Å². The molecule has 35 heavy (non-hydrogen) atoms. The van der Waals surface area contributed by atoms with Crippen LogP contribution >= 0.6 is 0 Å². The molecule has 1 fully saturated rings. The molecule has 1 saturated heterocycles. The third-order valence-electron chi connectivity index (χ3n) is 6.60. The lowest BCUT2D eigenvalue weighted by atomic mass is 9.96. The van der Waals surface area contributed by atoms with Gasteiger partial charge in [-0.25, -0.2) is 0 Å². The molecule has 1 aromatic rings. The number of rotatable bonds is 17. The summed E-state index contributed by atoms with van der Waals surface area (Å²) in [6.07, 6.45) is 5.87. The molecule has 1 unspecified atom stereocenters. The molecule has 2 rings (SSSR count). The van der Waals surface area contributed by atoms with Crippen molar-refractivity contribution in [2.24, 2.45) is 0 Å². The van der Waals surface area contributed by atoms with Crippen LogP contribution in [0.15, 0.2) is 30.3 Å². The van der Waals surface area contributed by atoms with E-state index in [1.54, 1.807) is 0 Å². The highest BCUT2D eigenvalue weighted by atomic mass is 16.6. The number of carbonyl (C=O) groups is 1. The van der Waals surface area contributed by atoms with Gasteiger partial charge in [0.25, 0.3) is 0 Å². The Hall–Kier alpha value is -1.55. The maximum atomic E-state index is 12.7. The Morgan fingerprint density at radius 1 is 0.971 bits per heavy atom. The van der Waals surface area contributed by atoms with Crippen molar-refractivity contribution in [3.8, 4) is 0 Å². The molecule has 8 nitrogen and oxygen atoms in total. The van der Waals surface area contributed by atoms with E-state index in [2.05, 4.69) is 12.2 Å². The van der Waals surface area contributed by atoms with Crippen LogP contribution in [0.5, 0.6) is 0 Å². The number of hydrogen-bond acceptors (Lipinski definition) is 7. The molecule has 0 spiro atoms. The second-order valence-corrected chi connectivity index (χ2v) is 9.56. The number of benzene rings is 1. The Morgan fingerprint density at radius 2 is 1.60 bits per heavy atom. The summed E-state index contributed by atoms with van der Waals surface area (Å²) in [6, 6.07) is 8.58. The van der Waals surface area contributed by atoms with Gasteiger partial charge < -0.3 is 35.2 Å². The van der Waals surface area contributed by atoms with E-state index in [1.807, 2.05) is 30.3 Å². The highest BCUT2D eigenvalue weighted by Crippen LogP contribution is 2.21. The van der Waals surface area contributed by atoms with Gasteiger partial charge in [0.05, 0.1) is 25.7 Å². The smallest absolute Gasteiger partial charge is 0.223 e. The molecule has 0 aliphatic carbocycles. The maximum Gasteiger partial charge on any atom is 0.223 e. The Balaban J connectivity index is 1.82. The second kappa shape index (κ2) is 17.0. The van der Waals surface area contributed by atoms with Crippen LogP contribution in [-0.2, 0) is 20.9 Å². The summed E-state index contributed by atoms with van der Waals surface area (Å²) in [4.78, 5) is 12.7. The van der Waals surface area contributed by atoms with Gasteiger partial charge in [-0.1, -0.05) is 95.0 Å². The van der Waals surface area contributed by atoms with Gasteiger partial charge in [-0.15, -0.1) is 0 Å². The van der Waals surface area contributed by atoms with Crippen molar-refractivity contribution in [1.82, 2.24) is 5.32 Å². The average Bonchev–Trinajstić information content (AvgIpc) is 2.86. The number of aliphatic hydroxyl groups is 4. The summed E-state index contributed by atoms with van der Waals surface area (Å²) in [5.41, 5.74) is 1.02. The Kier molecular flexibility index (Phi) is 14.4.